The Morgan fingerprint density at radius 2 is 1.61 bits per heavy atom. The smallest absolute Gasteiger partial charge is 0.420 e. The van der Waals surface area contributed by atoms with E-state index in [2.05, 4.69) is 0 Å². The summed E-state index contributed by atoms with van der Waals surface area (Å²) in [7, 11) is 0. The first-order valence-electron chi connectivity index (χ1n) is 6.18. The number of esters is 1. The molecule has 0 unspecified atom stereocenters. The Labute approximate surface area is 127 Å². The third-order valence-electron chi connectivity index (χ3n) is 2.86. The number of halogens is 4. The van der Waals surface area contributed by atoms with Crippen molar-refractivity contribution >= 4 is 11.9 Å². The monoisotopic (exact) mass is 327 g/mol. The average molecular weight is 327 g/mol. The minimum Gasteiger partial charge on any atom is -0.421 e. The van der Waals surface area contributed by atoms with Gasteiger partial charge in [0.1, 0.15) is 5.82 Å². The van der Waals surface area contributed by atoms with Gasteiger partial charge < -0.3 is 10.5 Å². The molecule has 0 saturated carbocycles. The number of nitrogens with two attached hydrogens (primary N) is 1. The van der Waals surface area contributed by atoms with E-state index in [0.29, 0.717) is 6.07 Å². The van der Waals surface area contributed by atoms with Gasteiger partial charge in [-0.1, -0.05) is 6.07 Å². The zero-order valence-corrected chi connectivity index (χ0v) is 11.4. The van der Waals surface area contributed by atoms with Crippen molar-refractivity contribution < 1.29 is 31.9 Å². The van der Waals surface area contributed by atoms with Gasteiger partial charge in [-0.25, -0.2) is 9.18 Å². The predicted octanol–water partition coefficient (Wildman–Crippen LogP) is 3.16. The van der Waals surface area contributed by atoms with Gasteiger partial charge in [-0.3, -0.25) is 4.79 Å². The zero-order chi connectivity index (χ0) is 17.2. The quantitative estimate of drug-likeness (QED) is 0.535. The highest BCUT2D eigenvalue weighted by molar-refractivity contribution is 5.98. The van der Waals surface area contributed by atoms with Gasteiger partial charge in [-0.2, -0.15) is 13.2 Å². The molecule has 0 aliphatic heterocycles. The summed E-state index contributed by atoms with van der Waals surface area (Å²) in [4.78, 5) is 23.2. The van der Waals surface area contributed by atoms with Gasteiger partial charge in [0.05, 0.1) is 16.7 Å². The van der Waals surface area contributed by atoms with Crippen LogP contribution in [0.15, 0.2) is 42.5 Å². The molecular weight excluding hydrogens is 318 g/mol. The fraction of sp³-hybridized carbons (Fsp3) is 0.0667. The van der Waals surface area contributed by atoms with Crippen molar-refractivity contribution in [1.29, 1.82) is 0 Å². The number of primary amides is 1. The lowest BCUT2D eigenvalue weighted by Crippen LogP contribution is -2.19. The summed E-state index contributed by atoms with van der Waals surface area (Å²) in [5, 5.41) is 0. The van der Waals surface area contributed by atoms with Crippen LogP contribution < -0.4 is 10.5 Å². The Bertz CT molecular complexity index is 754. The minimum absolute atomic E-state index is 0.182. The molecule has 8 heteroatoms. The fourth-order valence-corrected chi connectivity index (χ4v) is 1.80. The van der Waals surface area contributed by atoms with E-state index < -0.39 is 40.7 Å². The van der Waals surface area contributed by atoms with Gasteiger partial charge >= 0.3 is 12.1 Å². The molecule has 2 rings (SSSR count). The lowest BCUT2D eigenvalue weighted by Gasteiger charge is -2.15. The molecule has 0 bridgehead atoms. The van der Waals surface area contributed by atoms with Crippen molar-refractivity contribution in [2.24, 2.45) is 5.73 Å². The van der Waals surface area contributed by atoms with E-state index in [4.69, 9.17) is 10.5 Å². The van der Waals surface area contributed by atoms with E-state index in [0.717, 1.165) is 36.4 Å². The van der Waals surface area contributed by atoms with Crippen LogP contribution in [0.4, 0.5) is 17.6 Å². The number of hydrogen-bond acceptors (Lipinski definition) is 3. The van der Waals surface area contributed by atoms with E-state index in [9.17, 15) is 27.2 Å². The molecule has 4 nitrogen and oxygen atoms in total. The van der Waals surface area contributed by atoms with Crippen LogP contribution in [0.25, 0.3) is 0 Å². The second-order valence-electron chi connectivity index (χ2n) is 4.44. The summed E-state index contributed by atoms with van der Waals surface area (Å²) >= 11 is 0. The average Bonchev–Trinajstić information content (AvgIpc) is 2.46. The van der Waals surface area contributed by atoms with Crippen LogP contribution >= 0.6 is 0 Å². The van der Waals surface area contributed by atoms with Gasteiger partial charge in [0.25, 0.3) is 5.91 Å². The highest BCUT2D eigenvalue weighted by Crippen LogP contribution is 2.38. The molecule has 0 fully saturated rings. The fourth-order valence-electron chi connectivity index (χ4n) is 1.80. The van der Waals surface area contributed by atoms with Crippen molar-refractivity contribution in [3.05, 3.63) is 65.0 Å². The summed E-state index contributed by atoms with van der Waals surface area (Å²) in [6.45, 7) is 0. The predicted molar refractivity (Wildman–Crippen MR) is 71.3 cm³/mol. The van der Waals surface area contributed by atoms with Crippen LogP contribution in [0, 0.1) is 5.82 Å². The minimum atomic E-state index is -4.86. The lowest BCUT2D eigenvalue weighted by molar-refractivity contribution is -0.138. The maximum Gasteiger partial charge on any atom is 0.420 e. The number of benzene rings is 2. The molecule has 2 aromatic carbocycles. The molecule has 0 spiro atoms. The third-order valence-corrected chi connectivity index (χ3v) is 2.86. The Hall–Kier alpha value is -2.90. The highest BCUT2D eigenvalue weighted by Gasteiger charge is 2.37. The molecule has 0 heterocycles. The molecule has 0 aromatic heterocycles. The molecule has 0 aliphatic rings. The standard InChI is InChI=1S/C15H9F4NO3/c16-9-6-4-8(5-7-9)14(22)23-12-10(13(20)21)2-1-3-11(12)15(17,18)19/h1-7H,(H2,20,21). The van der Waals surface area contributed by atoms with Crippen LogP contribution in [-0.2, 0) is 6.18 Å². The molecule has 2 aromatic rings. The van der Waals surface area contributed by atoms with Crippen LogP contribution in [0.3, 0.4) is 0 Å². The summed E-state index contributed by atoms with van der Waals surface area (Å²) in [5.41, 5.74) is 2.93. The molecule has 0 saturated heterocycles. The third kappa shape index (κ3) is 3.65. The topological polar surface area (TPSA) is 69.4 Å². The second-order valence-corrected chi connectivity index (χ2v) is 4.44. The molecule has 23 heavy (non-hydrogen) atoms. The Morgan fingerprint density at radius 3 is 2.13 bits per heavy atom. The van der Waals surface area contributed by atoms with Crippen LogP contribution in [0.2, 0.25) is 0 Å². The highest BCUT2D eigenvalue weighted by atomic mass is 19.4. The van der Waals surface area contributed by atoms with E-state index in [-0.39, 0.29) is 5.56 Å². The molecule has 0 radical (unpaired) electrons. The van der Waals surface area contributed by atoms with Crippen molar-refractivity contribution in [3.63, 3.8) is 0 Å². The van der Waals surface area contributed by atoms with E-state index in [1.807, 2.05) is 0 Å². The molecule has 120 valence electrons. The first kappa shape index (κ1) is 16.5. The molecule has 1 amide bonds. The zero-order valence-electron chi connectivity index (χ0n) is 11.4. The molecule has 2 N–H and O–H groups in total. The van der Waals surface area contributed by atoms with Gasteiger partial charge in [0.15, 0.2) is 5.75 Å². The maximum atomic E-state index is 13.0. The number of alkyl halides is 3. The lowest BCUT2D eigenvalue weighted by atomic mass is 10.1. The summed E-state index contributed by atoms with van der Waals surface area (Å²) in [5.74, 6) is -3.97. The normalized spacial score (nSPS) is 11.1. The molecular formula is C15H9F4NO3. The number of rotatable bonds is 3. The van der Waals surface area contributed by atoms with Crippen molar-refractivity contribution in [2.45, 2.75) is 6.18 Å². The van der Waals surface area contributed by atoms with Crippen LogP contribution in [0.5, 0.6) is 5.75 Å². The molecule has 0 aliphatic carbocycles. The van der Waals surface area contributed by atoms with Gasteiger partial charge in [0, 0.05) is 0 Å². The van der Waals surface area contributed by atoms with Crippen molar-refractivity contribution in [3.8, 4) is 5.75 Å². The number of carbonyl (C=O) groups is 2. The first-order valence-corrected chi connectivity index (χ1v) is 6.18. The van der Waals surface area contributed by atoms with E-state index >= 15 is 0 Å². The summed E-state index contributed by atoms with van der Waals surface area (Å²) < 4.78 is 56.5. The summed E-state index contributed by atoms with van der Waals surface area (Å²) in [6.07, 6.45) is -4.86. The number of para-hydroxylation sites is 1. The number of hydrogen-bond donors (Lipinski definition) is 1. The Morgan fingerprint density at radius 1 is 1.00 bits per heavy atom. The van der Waals surface area contributed by atoms with Gasteiger partial charge in [-0.05, 0) is 36.4 Å². The van der Waals surface area contributed by atoms with Gasteiger partial charge in [-0.15, -0.1) is 0 Å². The number of ether oxygens (including phenoxy) is 1. The largest absolute Gasteiger partial charge is 0.421 e. The van der Waals surface area contributed by atoms with Crippen molar-refractivity contribution in [2.75, 3.05) is 0 Å². The number of amides is 1. The number of carbonyl (C=O) groups excluding carboxylic acids is 2. The van der Waals surface area contributed by atoms with Crippen LogP contribution in [0.1, 0.15) is 26.3 Å². The van der Waals surface area contributed by atoms with E-state index in [1.165, 1.54) is 0 Å². The van der Waals surface area contributed by atoms with Gasteiger partial charge in [0.2, 0.25) is 0 Å². The maximum absolute atomic E-state index is 13.0. The second kappa shape index (κ2) is 6.07. The van der Waals surface area contributed by atoms with Crippen molar-refractivity contribution in [1.82, 2.24) is 0 Å². The van der Waals surface area contributed by atoms with Crippen LogP contribution in [-0.4, -0.2) is 11.9 Å². The Balaban J connectivity index is 2.47. The Kier molecular flexibility index (Phi) is 4.35. The first-order chi connectivity index (χ1) is 10.7. The molecule has 0 atom stereocenters. The van der Waals surface area contributed by atoms with E-state index in [1.54, 1.807) is 0 Å². The summed E-state index contributed by atoms with van der Waals surface area (Å²) in [6, 6.07) is 6.60. The SMILES string of the molecule is NC(=O)c1cccc(C(F)(F)F)c1OC(=O)c1ccc(F)cc1.